The van der Waals surface area contributed by atoms with Crippen LogP contribution in [0, 0.1) is 0 Å². The second-order valence-corrected chi connectivity index (χ2v) is 2.31. The van der Waals surface area contributed by atoms with E-state index in [0.29, 0.717) is 16.5 Å². The number of methoxy groups -OCH3 is 1. The van der Waals surface area contributed by atoms with Crippen LogP contribution in [0.3, 0.4) is 0 Å². The Morgan fingerprint density at radius 3 is 2.55 bits per heavy atom. The van der Waals surface area contributed by atoms with Crippen LogP contribution in [0.2, 0.25) is 0 Å². The van der Waals surface area contributed by atoms with Gasteiger partial charge in [0.1, 0.15) is 10.8 Å². The van der Waals surface area contributed by atoms with E-state index in [1.54, 1.807) is 26.2 Å². The Kier molecular flexibility index (Phi) is 4.46. The standard InChI is InChI=1S/C8H12ClNO/c1-4-5-7(10)8(9)6(2)11-3/h4-5H,1,10H2,2-3H3/b7-5+,8-6-. The Morgan fingerprint density at radius 1 is 1.64 bits per heavy atom. The van der Waals surface area contributed by atoms with E-state index in [-0.39, 0.29) is 0 Å². The molecule has 0 atom stereocenters. The van der Waals surface area contributed by atoms with Crippen molar-refractivity contribution in [2.24, 2.45) is 5.73 Å². The third kappa shape index (κ3) is 3.14. The van der Waals surface area contributed by atoms with Gasteiger partial charge in [-0.05, 0) is 13.0 Å². The molecule has 3 heteroatoms. The molecule has 0 aliphatic heterocycles. The summed E-state index contributed by atoms with van der Waals surface area (Å²) in [7, 11) is 1.54. The molecule has 11 heavy (non-hydrogen) atoms. The van der Waals surface area contributed by atoms with Crippen molar-refractivity contribution in [2.75, 3.05) is 7.11 Å². The average molecular weight is 174 g/mol. The van der Waals surface area contributed by atoms with Crippen molar-refractivity contribution >= 4 is 11.6 Å². The quantitative estimate of drug-likeness (QED) is 0.524. The number of halogens is 1. The fourth-order valence-electron chi connectivity index (χ4n) is 0.493. The minimum atomic E-state index is 0.424. The highest BCUT2D eigenvalue weighted by Crippen LogP contribution is 2.15. The molecule has 2 N–H and O–H groups in total. The molecule has 0 spiro atoms. The van der Waals surface area contributed by atoms with E-state index < -0.39 is 0 Å². The van der Waals surface area contributed by atoms with Gasteiger partial charge in [0.2, 0.25) is 0 Å². The lowest BCUT2D eigenvalue weighted by molar-refractivity contribution is 0.292. The van der Waals surface area contributed by atoms with Crippen LogP contribution >= 0.6 is 11.6 Å². The van der Waals surface area contributed by atoms with E-state index in [4.69, 9.17) is 22.1 Å². The number of rotatable bonds is 3. The van der Waals surface area contributed by atoms with E-state index in [1.807, 2.05) is 0 Å². The van der Waals surface area contributed by atoms with Crippen LogP contribution in [0.15, 0.2) is 35.2 Å². The van der Waals surface area contributed by atoms with Gasteiger partial charge in [-0.3, -0.25) is 0 Å². The van der Waals surface area contributed by atoms with Crippen molar-refractivity contribution in [2.45, 2.75) is 6.92 Å². The fourth-order valence-corrected chi connectivity index (χ4v) is 0.633. The van der Waals surface area contributed by atoms with Gasteiger partial charge >= 0.3 is 0 Å². The zero-order chi connectivity index (χ0) is 8.85. The Bertz CT molecular complexity index is 206. The predicted molar refractivity (Wildman–Crippen MR) is 48.0 cm³/mol. The van der Waals surface area contributed by atoms with Crippen molar-refractivity contribution in [1.29, 1.82) is 0 Å². The van der Waals surface area contributed by atoms with Gasteiger partial charge in [0.05, 0.1) is 12.8 Å². The summed E-state index contributed by atoms with van der Waals surface area (Å²) in [5, 5.41) is 0.424. The maximum absolute atomic E-state index is 5.77. The lowest BCUT2D eigenvalue weighted by Crippen LogP contribution is -1.99. The highest BCUT2D eigenvalue weighted by Gasteiger charge is 2.00. The maximum atomic E-state index is 5.77. The molecule has 0 aliphatic rings. The van der Waals surface area contributed by atoms with Crippen LogP contribution in [0.1, 0.15) is 6.92 Å². The second-order valence-electron chi connectivity index (χ2n) is 1.93. The first-order valence-electron chi connectivity index (χ1n) is 3.12. The molecule has 0 aromatic carbocycles. The summed E-state index contributed by atoms with van der Waals surface area (Å²) in [6.07, 6.45) is 3.19. The van der Waals surface area contributed by atoms with Gasteiger partial charge < -0.3 is 10.5 Å². The summed E-state index contributed by atoms with van der Waals surface area (Å²) in [6, 6.07) is 0. The first-order chi connectivity index (χ1) is 5.13. The first-order valence-corrected chi connectivity index (χ1v) is 3.50. The van der Waals surface area contributed by atoms with E-state index >= 15 is 0 Å². The number of allylic oxidation sites excluding steroid dienone is 4. The Hall–Kier alpha value is -0.890. The summed E-state index contributed by atoms with van der Waals surface area (Å²) in [6.45, 7) is 5.23. The Morgan fingerprint density at radius 2 is 2.18 bits per heavy atom. The van der Waals surface area contributed by atoms with Crippen molar-refractivity contribution < 1.29 is 4.74 Å². The highest BCUT2D eigenvalue weighted by atomic mass is 35.5. The van der Waals surface area contributed by atoms with Crippen molar-refractivity contribution in [3.63, 3.8) is 0 Å². The summed E-state index contributed by atoms with van der Waals surface area (Å²) in [4.78, 5) is 0. The molecule has 62 valence electrons. The summed E-state index contributed by atoms with van der Waals surface area (Å²) < 4.78 is 4.87. The van der Waals surface area contributed by atoms with E-state index in [0.717, 1.165) is 0 Å². The Balaban J connectivity index is 4.58. The molecule has 0 aliphatic carbocycles. The number of ether oxygens (including phenoxy) is 1. The highest BCUT2D eigenvalue weighted by molar-refractivity contribution is 6.32. The molecule has 0 saturated carbocycles. The number of hydrogen-bond acceptors (Lipinski definition) is 2. The van der Waals surface area contributed by atoms with Gasteiger partial charge in [0, 0.05) is 0 Å². The summed E-state index contributed by atoms with van der Waals surface area (Å²) in [5.74, 6) is 0.599. The topological polar surface area (TPSA) is 35.2 Å². The van der Waals surface area contributed by atoms with E-state index in [1.165, 1.54) is 0 Å². The minimum absolute atomic E-state index is 0.424. The van der Waals surface area contributed by atoms with Gasteiger partial charge in [-0.1, -0.05) is 24.3 Å². The van der Waals surface area contributed by atoms with Crippen LogP contribution in [0.5, 0.6) is 0 Å². The van der Waals surface area contributed by atoms with Crippen LogP contribution in [-0.4, -0.2) is 7.11 Å². The van der Waals surface area contributed by atoms with E-state index in [2.05, 4.69) is 6.58 Å². The van der Waals surface area contributed by atoms with Crippen molar-refractivity contribution in [3.05, 3.63) is 35.2 Å². The number of nitrogens with two attached hydrogens (primary N) is 1. The molecule has 0 heterocycles. The third-order valence-electron chi connectivity index (χ3n) is 1.17. The molecule has 0 saturated heterocycles. The monoisotopic (exact) mass is 173 g/mol. The van der Waals surface area contributed by atoms with Crippen molar-refractivity contribution in [3.8, 4) is 0 Å². The maximum Gasteiger partial charge on any atom is 0.113 e. The molecule has 0 radical (unpaired) electrons. The predicted octanol–water partition coefficient (Wildman–Crippen LogP) is 2.13. The molecule has 0 aromatic heterocycles. The normalized spacial score (nSPS) is 13.9. The van der Waals surface area contributed by atoms with Crippen LogP contribution in [0.4, 0.5) is 0 Å². The second kappa shape index (κ2) is 4.85. The van der Waals surface area contributed by atoms with Gasteiger partial charge in [0.25, 0.3) is 0 Å². The molecule has 0 bridgehead atoms. The van der Waals surface area contributed by atoms with Crippen LogP contribution < -0.4 is 5.73 Å². The molecule has 2 nitrogen and oxygen atoms in total. The largest absolute Gasteiger partial charge is 0.500 e. The molecule has 0 rings (SSSR count). The van der Waals surface area contributed by atoms with Crippen LogP contribution in [-0.2, 0) is 4.74 Å². The summed E-state index contributed by atoms with van der Waals surface area (Å²) in [5.41, 5.74) is 5.98. The molecule has 0 amide bonds. The van der Waals surface area contributed by atoms with Gasteiger partial charge in [-0.2, -0.15) is 0 Å². The lowest BCUT2D eigenvalue weighted by atomic mass is 10.3. The average Bonchev–Trinajstić information content (AvgIpc) is 2.02. The van der Waals surface area contributed by atoms with Gasteiger partial charge in [-0.15, -0.1) is 0 Å². The molecule has 0 fully saturated rings. The van der Waals surface area contributed by atoms with Gasteiger partial charge in [-0.25, -0.2) is 0 Å². The third-order valence-corrected chi connectivity index (χ3v) is 1.65. The Labute approximate surface area is 72.0 Å². The smallest absolute Gasteiger partial charge is 0.113 e. The molecular weight excluding hydrogens is 162 g/mol. The molecular formula is C8H12ClNO. The first kappa shape index (κ1) is 10.1. The van der Waals surface area contributed by atoms with Gasteiger partial charge in [0.15, 0.2) is 0 Å². The summed E-state index contributed by atoms with van der Waals surface area (Å²) >= 11 is 5.77. The SMILES string of the molecule is C=C/C=C(N)\C(Cl)=C(/C)OC. The minimum Gasteiger partial charge on any atom is -0.500 e. The fraction of sp³-hybridized carbons (Fsp3) is 0.250. The zero-order valence-electron chi connectivity index (χ0n) is 6.73. The number of hydrogen-bond donors (Lipinski definition) is 1. The molecule has 0 aromatic rings. The van der Waals surface area contributed by atoms with E-state index in [9.17, 15) is 0 Å². The van der Waals surface area contributed by atoms with Crippen molar-refractivity contribution in [1.82, 2.24) is 0 Å². The lowest BCUT2D eigenvalue weighted by Gasteiger charge is -2.03. The molecule has 0 unspecified atom stereocenters. The van der Waals surface area contributed by atoms with Crippen LogP contribution in [0.25, 0.3) is 0 Å². The zero-order valence-corrected chi connectivity index (χ0v) is 7.48.